The van der Waals surface area contributed by atoms with Crippen molar-refractivity contribution < 1.29 is 9.53 Å². The van der Waals surface area contributed by atoms with E-state index in [1.807, 2.05) is 54.1 Å². The number of aromatic nitrogens is 3. The van der Waals surface area contributed by atoms with Crippen LogP contribution in [0.4, 0.5) is 0 Å². The standard InChI is InChI=1S/C21H21N3O2/c1-3-26-21(25)19(13-18-14-22-10-9-16(18)2)20-23-11-12-24(20)15-17-7-5-4-6-8-17/h4-14H,3,15H2,1-2H3/b19-13-. The quantitative estimate of drug-likeness (QED) is 0.503. The number of pyridine rings is 1. The van der Waals surface area contributed by atoms with E-state index in [1.165, 1.54) is 0 Å². The summed E-state index contributed by atoms with van der Waals surface area (Å²) in [6.07, 6.45) is 8.82. The van der Waals surface area contributed by atoms with Crippen molar-refractivity contribution in [2.45, 2.75) is 20.4 Å². The largest absolute Gasteiger partial charge is 0.462 e. The molecule has 0 saturated carbocycles. The van der Waals surface area contributed by atoms with Gasteiger partial charge in [0.25, 0.3) is 0 Å². The van der Waals surface area contributed by atoms with Gasteiger partial charge >= 0.3 is 5.97 Å². The van der Waals surface area contributed by atoms with E-state index in [9.17, 15) is 4.79 Å². The van der Waals surface area contributed by atoms with Gasteiger partial charge in [-0.1, -0.05) is 30.3 Å². The van der Waals surface area contributed by atoms with E-state index in [4.69, 9.17) is 4.74 Å². The van der Waals surface area contributed by atoms with Gasteiger partial charge in [0, 0.05) is 31.3 Å². The molecule has 0 aliphatic heterocycles. The van der Waals surface area contributed by atoms with Crippen molar-refractivity contribution in [1.82, 2.24) is 14.5 Å². The number of ether oxygens (including phenoxy) is 1. The predicted octanol–water partition coefficient (Wildman–Crippen LogP) is 3.74. The van der Waals surface area contributed by atoms with Crippen molar-refractivity contribution in [2.24, 2.45) is 0 Å². The molecule has 0 saturated heterocycles. The lowest BCUT2D eigenvalue weighted by molar-refractivity contribution is -0.136. The number of carbonyl (C=O) groups is 1. The highest BCUT2D eigenvalue weighted by Crippen LogP contribution is 2.21. The second kappa shape index (κ2) is 8.25. The summed E-state index contributed by atoms with van der Waals surface area (Å²) in [4.78, 5) is 21.2. The molecule has 0 bridgehead atoms. The summed E-state index contributed by atoms with van der Waals surface area (Å²) in [5.41, 5.74) is 3.45. The summed E-state index contributed by atoms with van der Waals surface area (Å²) >= 11 is 0. The summed E-state index contributed by atoms with van der Waals surface area (Å²) in [6, 6.07) is 12.0. The fourth-order valence-electron chi connectivity index (χ4n) is 2.67. The van der Waals surface area contributed by atoms with Crippen LogP contribution in [0.15, 0.2) is 61.2 Å². The smallest absolute Gasteiger partial charge is 0.341 e. The summed E-state index contributed by atoms with van der Waals surface area (Å²) < 4.78 is 7.21. The molecule has 1 aromatic carbocycles. The first-order chi connectivity index (χ1) is 12.7. The third-order valence-corrected chi connectivity index (χ3v) is 4.03. The zero-order chi connectivity index (χ0) is 18.4. The van der Waals surface area contributed by atoms with Gasteiger partial charge in [0.2, 0.25) is 0 Å². The normalized spacial score (nSPS) is 11.4. The second-order valence-electron chi connectivity index (χ2n) is 5.88. The van der Waals surface area contributed by atoms with Crippen LogP contribution in [0.3, 0.4) is 0 Å². The molecule has 2 aromatic heterocycles. The molecule has 26 heavy (non-hydrogen) atoms. The molecule has 3 aromatic rings. The Morgan fingerprint density at radius 3 is 2.73 bits per heavy atom. The van der Waals surface area contributed by atoms with Crippen LogP contribution in [0, 0.1) is 6.92 Å². The Morgan fingerprint density at radius 1 is 1.19 bits per heavy atom. The Hall–Kier alpha value is -3.21. The molecule has 5 heteroatoms. The van der Waals surface area contributed by atoms with E-state index in [2.05, 4.69) is 9.97 Å². The molecule has 5 nitrogen and oxygen atoms in total. The molecular formula is C21H21N3O2. The van der Waals surface area contributed by atoms with Gasteiger partial charge < -0.3 is 9.30 Å². The van der Waals surface area contributed by atoms with Crippen LogP contribution in [0.25, 0.3) is 11.6 Å². The van der Waals surface area contributed by atoms with Crippen LogP contribution in [0.1, 0.15) is 29.4 Å². The van der Waals surface area contributed by atoms with Gasteiger partial charge in [0.15, 0.2) is 0 Å². The lowest BCUT2D eigenvalue weighted by Gasteiger charge is -2.11. The first-order valence-electron chi connectivity index (χ1n) is 8.54. The minimum absolute atomic E-state index is 0.307. The maximum absolute atomic E-state index is 12.6. The number of esters is 1. The molecule has 2 heterocycles. The number of rotatable bonds is 6. The molecule has 0 aliphatic carbocycles. The van der Waals surface area contributed by atoms with Crippen molar-refractivity contribution in [1.29, 1.82) is 0 Å². The number of aryl methyl sites for hydroxylation is 1. The van der Waals surface area contributed by atoms with Crippen LogP contribution in [0.5, 0.6) is 0 Å². The van der Waals surface area contributed by atoms with Crippen molar-refractivity contribution in [2.75, 3.05) is 6.61 Å². The van der Waals surface area contributed by atoms with E-state index >= 15 is 0 Å². The minimum atomic E-state index is -0.392. The summed E-state index contributed by atoms with van der Waals surface area (Å²) in [7, 11) is 0. The third kappa shape index (κ3) is 4.06. The molecule has 0 aliphatic rings. The topological polar surface area (TPSA) is 57.0 Å². The van der Waals surface area contributed by atoms with Crippen molar-refractivity contribution in [3.63, 3.8) is 0 Å². The Morgan fingerprint density at radius 2 is 2.00 bits per heavy atom. The third-order valence-electron chi connectivity index (χ3n) is 4.03. The Kier molecular flexibility index (Phi) is 5.59. The summed E-state index contributed by atoms with van der Waals surface area (Å²) in [5, 5.41) is 0. The van der Waals surface area contributed by atoms with Gasteiger partial charge in [-0.2, -0.15) is 0 Å². The maximum atomic E-state index is 12.6. The number of carbonyl (C=O) groups excluding carboxylic acids is 1. The van der Waals surface area contributed by atoms with Gasteiger partial charge in [-0.3, -0.25) is 4.98 Å². The highest BCUT2D eigenvalue weighted by molar-refractivity contribution is 6.20. The highest BCUT2D eigenvalue weighted by atomic mass is 16.5. The van der Waals surface area contributed by atoms with Crippen molar-refractivity contribution in [3.8, 4) is 0 Å². The van der Waals surface area contributed by atoms with E-state index in [-0.39, 0.29) is 0 Å². The Bertz CT molecular complexity index is 914. The van der Waals surface area contributed by atoms with Crippen LogP contribution in [0.2, 0.25) is 0 Å². The minimum Gasteiger partial charge on any atom is -0.462 e. The van der Waals surface area contributed by atoms with Gasteiger partial charge in [-0.05, 0) is 42.7 Å². The first-order valence-corrected chi connectivity index (χ1v) is 8.54. The summed E-state index contributed by atoms with van der Waals surface area (Å²) in [6.45, 7) is 4.70. The maximum Gasteiger partial charge on any atom is 0.341 e. The van der Waals surface area contributed by atoms with Gasteiger partial charge in [-0.25, -0.2) is 9.78 Å². The fraction of sp³-hybridized carbons (Fsp3) is 0.190. The van der Waals surface area contributed by atoms with E-state index < -0.39 is 5.97 Å². The van der Waals surface area contributed by atoms with Crippen LogP contribution in [-0.4, -0.2) is 27.1 Å². The molecule has 0 unspecified atom stereocenters. The number of benzene rings is 1. The van der Waals surface area contributed by atoms with Crippen molar-refractivity contribution in [3.05, 3.63) is 83.7 Å². The number of hydrogen-bond acceptors (Lipinski definition) is 4. The van der Waals surface area contributed by atoms with Crippen LogP contribution >= 0.6 is 0 Å². The van der Waals surface area contributed by atoms with Crippen LogP contribution < -0.4 is 0 Å². The monoisotopic (exact) mass is 347 g/mol. The number of nitrogens with zero attached hydrogens (tertiary/aromatic N) is 3. The van der Waals surface area contributed by atoms with Gasteiger partial charge in [-0.15, -0.1) is 0 Å². The predicted molar refractivity (Wildman–Crippen MR) is 101 cm³/mol. The number of hydrogen-bond donors (Lipinski definition) is 0. The van der Waals surface area contributed by atoms with E-state index in [0.29, 0.717) is 24.5 Å². The zero-order valence-corrected chi connectivity index (χ0v) is 14.9. The molecule has 0 amide bonds. The van der Waals surface area contributed by atoms with E-state index in [1.54, 1.807) is 31.6 Å². The first kappa shape index (κ1) is 17.6. The van der Waals surface area contributed by atoms with E-state index in [0.717, 1.165) is 16.7 Å². The molecule has 0 atom stereocenters. The zero-order valence-electron chi connectivity index (χ0n) is 14.9. The molecule has 3 rings (SSSR count). The van der Waals surface area contributed by atoms with Gasteiger partial charge in [0.1, 0.15) is 11.4 Å². The van der Waals surface area contributed by atoms with Gasteiger partial charge in [0.05, 0.1) is 6.61 Å². The van der Waals surface area contributed by atoms with Crippen LogP contribution in [-0.2, 0) is 16.1 Å². The lowest BCUT2D eigenvalue weighted by atomic mass is 10.1. The average molecular weight is 347 g/mol. The average Bonchev–Trinajstić information content (AvgIpc) is 3.10. The summed E-state index contributed by atoms with van der Waals surface area (Å²) in [5.74, 6) is 0.187. The molecule has 0 fully saturated rings. The number of imidazole rings is 1. The molecule has 0 radical (unpaired) electrons. The molecule has 0 N–H and O–H groups in total. The lowest BCUT2D eigenvalue weighted by Crippen LogP contribution is -2.12. The molecule has 132 valence electrons. The highest BCUT2D eigenvalue weighted by Gasteiger charge is 2.19. The Labute approximate surface area is 153 Å². The fourth-order valence-corrected chi connectivity index (χ4v) is 2.67. The molecule has 0 spiro atoms. The Balaban J connectivity index is 2.02. The SMILES string of the molecule is CCOC(=O)/C(=C\c1cnccc1C)c1nccn1Cc1ccccc1. The second-order valence-corrected chi connectivity index (χ2v) is 5.88. The van der Waals surface area contributed by atoms with Crippen molar-refractivity contribution >= 4 is 17.6 Å². The molecular weight excluding hydrogens is 326 g/mol.